The maximum Gasteiger partial charge on any atom is 0.335 e. The van der Waals surface area contributed by atoms with Crippen LogP contribution in [0.5, 0.6) is 0 Å². The minimum absolute atomic E-state index is 0.254. The van der Waals surface area contributed by atoms with E-state index in [9.17, 15) is 9.59 Å². The van der Waals surface area contributed by atoms with E-state index in [2.05, 4.69) is 10.6 Å². The number of ether oxygens (including phenoxy) is 2. The van der Waals surface area contributed by atoms with Crippen LogP contribution in [0.1, 0.15) is 67.2 Å². The molecule has 0 rings (SSSR count). The van der Waals surface area contributed by atoms with Crippen LogP contribution in [0, 0.1) is 0 Å². The smallest absolute Gasteiger partial charge is 0.335 e. The van der Waals surface area contributed by atoms with Gasteiger partial charge in [-0.2, -0.15) is 0 Å². The molecule has 0 aromatic heterocycles. The van der Waals surface area contributed by atoms with Crippen molar-refractivity contribution in [1.29, 1.82) is 0 Å². The highest BCUT2D eigenvalue weighted by Crippen LogP contribution is 2.12. The minimum atomic E-state index is -0.254. The van der Waals surface area contributed by atoms with Gasteiger partial charge in [0.2, 0.25) is 0 Å². The fourth-order valence-electron chi connectivity index (χ4n) is 2.54. The van der Waals surface area contributed by atoms with Gasteiger partial charge in [0.15, 0.2) is 0 Å². The molecule has 0 spiro atoms. The Labute approximate surface area is 158 Å². The van der Waals surface area contributed by atoms with Crippen LogP contribution in [0.2, 0.25) is 0 Å². The molecule has 26 heavy (non-hydrogen) atoms. The van der Waals surface area contributed by atoms with Crippen molar-refractivity contribution >= 4 is 11.9 Å². The highest BCUT2D eigenvalue weighted by Gasteiger charge is 2.14. The van der Waals surface area contributed by atoms with Gasteiger partial charge in [-0.25, -0.2) is 9.59 Å². The molecule has 0 saturated carbocycles. The van der Waals surface area contributed by atoms with Gasteiger partial charge >= 0.3 is 11.9 Å². The second kappa shape index (κ2) is 14.2. The fourth-order valence-corrected chi connectivity index (χ4v) is 2.54. The number of carbonyl (C=O) groups excluding carboxylic acids is 2. The summed E-state index contributed by atoms with van der Waals surface area (Å²) in [5.74, 6) is -0.508. The molecular weight excluding hydrogens is 332 g/mol. The van der Waals surface area contributed by atoms with Crippen molar-refractivity contribution in [2.45, 2.75) is 67.2 Å². The zero-order valence-electron chi connectivity index (χ0n) is 17.3. The van der Waals surface area contributed by atoms with Gasteiger partial charge in [-0.1, -0.05) is 26.7 Å². The molecule has 6 heteroatoms. The van der Waals surface area contributed by atoms with E-state index in [1.165, 1.54) is 0 Å². The average Bonchev–Trinajstić information content (AvgIpc) is 2.61. The van der Waals surface area contributed by atoms with E-state index in [4.69, 9.17) is 9.47 Å². The van der Waals surface area contributed by atoms with Crippen molar-refractivity contribution in [2.75, 3.05) is 26.3 Å². The summed E-state index contributed by atoms with van der Waals surface area (Å²) in [7, 11) is 0. The molecule has 0 aliphatic heterocycles. The molecule has 0 bridgehead atoms. The largest absolute Gasteiger partial charge is 0.463 e. The molecule has 0 unspecified atom stereocenters. The molecule has 0 atom stereocenters. The topological polar surface area (TPSA) is 76.7 Å². The SMILES string of the molecule is CCC/C(C(=O)OCC)=C(/C)NCCN/C(C)=C(\CCC)C(=O)OCC. The number of rotatable bonds is 13. The first-order chi connectivity index (χ1) is 12.4. The molecule has 6 nitrogen and oxygen atoms in total. The lowest BCUT2D eigenvalue weighted by atomic mass is 10.1. The summed E-state index contributed by atoms with van der Waals surface area (Å²) in [6.07, 6.45) is 3.14. The average molecular weight is 369 g/mol. The van der Waals surface area contributed by atoms with Crippen LogP contribution in [0.3, 0.4) is 0 Å². The van der Waals surface area contributed by atoms with Gasteiger partial charge in [-0.15, -0.1) is 0 Å². The molecular formula is C20H36N2O4. The van der Waals surface area contributed by atoms with Gasteiger partial charge in [0, 0.05) is 24.5 Å². The van der Waals surface area contributed by atoms with Crippen LogP contribution in [-0.2, 0) is 19.1 Å². The zero-order valence-corrected chi connectivity index (χ0v) is 17.3. The van der Waals surface area contributed by atoms with Gasteiger partial charge in [0.25, 0.3) is 0 Å². The van der Waals surface area contributed by atoms with E-state index in [-0.39, 0.29) is 11.9 Å². The lowest BCUT2D eigenvalue weighted by Crippen LogP contribution is -2.28. The summed E-state index contributed by atoms with van der Waals surface area (Å²) in [5.41, 5.74) is 3.07. The summed E-state index contributed by atoms with van der Waals surface area (Å²) in [5, 5.41) is 6.53. The summed E-state index contributed by atoms with van der Waals surface area (Å²) >= 11 is 0. The Kier molecular flexibility index (Phi) is 13.1. The molecule has 0 aromatic rings. The normalized spacial score (nSPS) is 12.7. The molecule has 0 aromatic carbocycles. The third-order valence-electron chi connectivity index (χ3n) is 3.85. The first-order valence-electron chi connectivity index (χ1n) is 9.64. The molecule has 0 aliphatic carbocycles. The number of allylic oxidation sites excluding steroid dienone is 2. The first-order valence-corrected chi connectivity index (χ1v) is 9.64. The number of carbonyl (C=O) groups is 2. The van der Waals surface area contributed by atoms with Crippen molar-refractivity contribution in [3.63, 3.8) is 0 Å². The lowest BCUT2D eigenvalue weighted by Gasteiger charge is -2.15. The minimum Gasteiger partial charge on any atom is -0.463 e. The molecule has 150 valence electrons. The standard InChI is InChI=1S/C20H36N2O4/c1-7-11-17(19(23)25-9-3)15(5)21-13-14-22-16(6)18(12-8-2)20(24)26-10-4/h21-22H,7-14H2,1-6H3/b17-15+,18-16+. The summed E-state index contributed by atoms with van der Waals surface area (Å²) in [6, 6.07) is 0. The Morgan fingerprint density at radius 1 is 0.692 bits per heavy atom. The van der Waals surface area contributed by atoms with Gasteiger partial charge in [0.05, 0.1) is 24.4 Å². The number of nitrogens with one attached hydrogen (secondary N) is 2. The first kappa shape index (κ1) is 24.0. The van der Waals surface area contributed by atoms with Crippen LogP contribution in [0.4, 0.5) is 0 Å². The van der Waals surface area contributed by atoms with Gasteiger partial charge in [-0.05, 0) is 40.5 Å². The van der Waals surface area contributed by atoms with Crippen LogP contribution in [0.15, 0.2) is 22.5 Å². The Balaban J connectivity index is 4.77. The van der Waals surface area contributed by atoms with Crippen molar-refractivity contribution in [3.05, 3.63) is 22.5 Å². The maximum absolute atomic E-state index is 12.0. The second-order valence-electron chi connectivity index (χ2n) is 6.00. The third-order valence-corrected chi connectivity index (χ3v) is 3.85. The predicted molar refractivity (Wildman–Crippen MR) is 104 cm³/mol. The summed E-state index contributed by atoms with van der Waals surface area (Å²) in [4.78, 5) is 24.0. The molecule has 0 aliphatic rings. The molecule has 2 N–H and O–H groups in total. The number of hydrogen-bond acceptors (Lipinski definition) is 6. The van der Waals surface area contributed by atoms with Crippen LogP contribution < -0.4 is 10.6 Å². The monoisotopic (exact) mass is 368 g/mol. The van der Waals surface area contributed by atoms with Gasteiger partial charge < -0.3 is 20.1 Å². The molecule has 0 amide bonds. The van der Waals surface area contributed by atoms with Crippen LogP contribution in [-0.4, -0.2) is 38.2 Å². The quantitative estimate of drug-likeness (QED) is 0.295. The predicted octanol–water partition coefficient (Wildman–Crippen LogP) is 3.44. The highest BCUT2D eigenvalue weighted by atomic mass is 16.5. The highest BCUT2D eigenvalue weighted by molar-refractivity contribution is 5.89. The fraction of sp³-hybridized carbons (Fsp3) is 0.700. The summed E-state index contributed by atoms with van der Waals surface area (Å²) < 4.78 is 10.2. The van der Waals surface area contributed by atoms with Crippen LogP contribution >= 0.6 is 0 Å². The second-order valence-corrected chi connectivity index (χ2v) is 6.00. The van der Waals surface area contributed by atoms with E-state index in [1.807, 2.05) is 27.7 Å². The maximum atomic E-state index is 12.0. The van der Waals surface area contributed by atoms with E-state index >= 15 is 0 Å². The Bertz CT molecular complexity index is 464. The van der Waals surface area contributed by atoms with Gasteiger partial charge in [0.1, 0.15) is 0 Å². The molecule has 0 radical (unpaired) electrons. The van der Waals surface area contributed by atoms with Crippen molar-refractivity contribution in [2.24, 2.45) is 0 Å². The van der Waals surface area contributed by atoms with Crippen molar-refractivity contribution in [1.82, 2.24) is 10.6 Å². The number of esters is 2. The van der Waals surface area contributed by atoms with Crippen LogP contribution in [0.25, 0.3) is 0 Å². The molecule has 0 heterocycles. The number of hydrogen-bond donors (Lipinski definition) is 2. The van der Waals surface area contributed by atoms with Gasteiger partial charge in [-0.3, -0.25) is 0 Å². The molecule has 0 saturated heterocycles. The van der Waals surface area contributed by atoms with E-state index in [1.54, 1.807) is 13.8 Å². The van der Waals surface area contributed by atoms with E-state index in [0.29, 0.717) is 50.3 Å². The van der Waals surface area contributed by atoms with Crippen molar-refractivity contribution in [3.8, 4) is 0 Å². The Morgan fingerprint density at radius 3 is 1.31 bits per heavy atom. The molecule has 0 fully saturated rings. The van der Waals surface area contributed by atoms with E-state index < -0.39 is 0 Å². The Hall–Kier alpha value is -1.98. The Morgan fingerprint density at radius 2 is 1.04 bits per heavy atom. The third kappa shape index (κ3) is 8.92. The summed E-state index contributed by atoms with van der Waals surface area (Å²) in [6.45, 7) is 13.5. The lowest BCUT2D eigenvalue weighted by molar-refractivity contribution is -0.139. The zero-order chi connectivity index (χ0) is 19.9. The van der Waals surface area contributed by atoms with E-state index in [0.717, 1.165) is 24.2 Å². The van der Waals surface area contributed by atoms with Crippen molar-refractivity contribution < 1.29 is 19.1 Å².